The van der Waals surface area contributed by atoms with Crippen LogP contribution in [0.1, 0.15) is 29.3 Å². The topological polar surface area (TPSA) is 27.7 Å². The highest BCUT2D eigenvalue weighted by Gasteiger charge is 2.19. The van der Waals surface area contributed by atoms with Gasteiger partial charge in [0.05, 0.1) is 11.5 Å². The highest BCUT2D eigenvalue weighted by atomic mass is 32.2. The highest BCUT2D eigenvalue weighted by Crippen LogP contribution is 2.44. The highest BCUT2D eigenvalue weighted by molar-refractivity contribution is 7.99. The van der Waals surface area contributed by atoms with Gasteiger partial charge in [0, 0.05) is 45.1 Å². The Morgan fingerprint density at radius 1 is 0.625 bits per heavy atom. The van der Waals surface area contributed by atoms with Gasteiger partial charge in [-0.2, -0.15) is 0 Å². The van der Waals surface area contributed by atoms with Crippen molar-refractivity contribution in [3.8, 4) is 17.2 Å². The first-order chi connectivity index (χ1) is 15.4. The van der Waals surface area contributed by atoms with E-state index in [1.165, 1.54) is 44.2 Å². The summed E-state index contributed by atoms with van der Waals surface area (Å²) < 4.78 is 18.0. The van der Waals surface area contributed by atoms with E-state index in [1.54, 1.807) is 11.3 Å². The fraction of sp³-hybridized carbons (Fsp3) is 0.417. The van der Waals surface area contributed by atoms with Gasteiger partial charge in [0.2, 0.25) is 0 Å². The molecule has 0 radical (unpaired) electrons. The standard InChI is InChI=1S/C8H10O2S.C8H10OS2.C8H8S2/c2*1-5-7-8(6(2)11-5)10-4-3-9-7;1-5-7-3-4-9-8(7)6(2)10-5/h2*3-4H2,1-2H3;3-4H,1-2H3. The molecule has 0 aromatic carbocycles. The van der Waals surface area contributed by atoms with Crippen LogP contribution in [0, 0.1) is 41.5 Å². The number of hydrogen-bond acceptors (Lipinski definition) is 8. The van der Waals surface area contributed by atoms with Crippen molar-refractivity contribution >= 4 is 67.2 Å². The van der Waals surface area contributed by atoms with E-state index >= 15 is 0 Å². The summed E-state index contributed by atoms with van der Waals surface area (Å²) in [6, 6.07) is 2.21. The van der Waals surface area contributed by atoms with E-state index in [1.807, 2.05) is 45.8 Å². The maximum atomic E-state index is 5.56. The van der Waals surface area contributed by atoms with Gasteiger partial charge < -0.3 is 14.2 Å². The van der Waals surface area contributed by atoms with Gasteiger partial charge in [-0.1, -0.05) is 0 Å². The second-order valence-electron chi connectivity index (χ2n) is 7.52. The molecule has 4 aromatic rings. The molecule has 2 aliphatic heterocycles. The molecule has 8 heteroatoms. The Morgan fingerprint density at radius 2 is 1.19 bits per heavy atom. The normalized spacial score (nSPS) is 14.1. The molecule has 3 nitrogen and oxygen atoms in total. The van der Waals surface area contributed by atoms with Gasteiger partial charge in [-0.25, -0.2) is 0 Å². The lowest BCUT2D eigenvalue weighted by molar-refractivity contribution is 0.171. The summed E-state index contributed by atoms with van der Waals surface area (Å²) in [5.41, 5.74) is 0. The minimum Gasteiger partial charge on any atom is -0.490 e. The Bertz CT molecular complexity index is 1070. The summed E-state index contributed by atoms with van der Waals surface area (Å²) in [4.78, 5) is 9.45. The lowest BCUT2D eigenvalue weighted by Gasteiger charge is -2.15. The van der Waals surface area contributed by atoms with Crippen LogP contribution in [0.3, 0.4) is 0 Å². The molecule has 172 valence electrons. The van der Waals surface area contributed by atoms with Crippen LogP contribution in [0.4, 0.5) is 0 Å². The fourth-order valence-electron chi connectivity index (χ4n) is 3.72. The first-order valence-corrected chi connectivity index (χ1v) is 14.8. The molecule has 0 atom stereocenters. The molecule has 0 amide bonds. The zero-order valence-electron chi connectivity index (χ0n) is 19.2. The third-order valence-corrected chi connectivity index (χ3v) is 10.6. The Morgan fingerprint density at radius 3 is 1.81 bits per heavy atom. The summed E-state index contributed by atoms with van der Waals surface area (Å²) in [7, 11) is 0. The van der Waals surface area contributed by atoms with Crippen molar-refractivity contribution in [3.05, 3.63) is 40.7 Å². The molecular formula is C24H28O3S5. The number of aryl methyl sites for hydroxylation is 6. The number of thiophene rings is 4. The summed E-state index contributed by atoms with van der Waals surface area (Å²) >= 11 is 9.24. The SMILES string of the molecule is Cc1sc(C)c2c1OCCO2.Cc1sc(C)c2c1OCCS2.Cc1sc(C)c2sccc12. The summed E-state index contributed by atoms with van der Waals surface area (Å²) in [6.45, 7) is 15.0. The van der Waals surface area contributed by atoms with Crippen LogP contribution in [0.2, 0.25) is 0 Å². The van der Waals surface area contributed by atoms with E-state index < -0.39 is 0 Å². The smallest absolute Gasteiger partial charge is 0.175 e. The maximum Gasteiger partial charge on any atom is 0.175 e. The molecule has 0 saturated heterocycles. The quantitative estimate of drug-likeness (QED) is 0.230. The monoisotopic (exact) mass is 524 g/mol. The van der Waals surface area contributed by atoms with Crippen LogP contribution >= 0.6 is 57.1 Å². The van der Waals surface area contributed by atoms with Gasteiger partial charge >= 0.3 is 0 Å². The average Bonchev–Trinajstić information content (AvgIpc) is 3.52. The lowest BCUT2D eigenvalue weighted by atomic mass is 10.3. The van der Waals surface area contributed by atoms with E-state index in [2.05, 4.69) is 53.0 Å². The van der Waals surface area contributed by atoms with Crippen LogP contribution < -0.4 is 14.2 Å². The zero-order chi connectivity index (χ0) is 22.8. The van der Waals surface area contributed by atoms with Crippen LogP contribution in [0.5, 0.6) is 17.2 Å². The predicted octanol–water partition coefficient (Wildman–Crippen LogP) is 8.57. The van der Waals surface area contributed by atoms with Gasteiger partial charge in [0.15, 0.2) is 11.5 Å². The molecular weight excluding hydrogens is 497 g/mol. The molecule has 6 heterocycles. The fourth-order valence-corrected chi connectivity index (χ4v) is 8.98. The largest absolute Gasteiger partial charge is 0.490 e. The van der Waals surface area contributed by atoms with Crippen molar-refractivity contribution in [2.45, 2.75) is 46.4 Å². The molecule has 4 aromatic heterocycles. The zero-order valence-corrected chi connectivity index (χ0v) is 23.3. The maximum absolute atomic E-state index is 5.56. The number of ether oxygens (including phenoxy) is 3. The molecule has 0 bridgehead atoms. The van der Waals surface area contributed by atoms with Gasteiger partial charge in [-0.15, -0.1) is 57.1 Å². The first-order valence-electron chi connectivity index (χ1n) is 10.5. The van der Waals surface area contributed by atoms with E-state index in [0.29, 0.717) is 13.2 Å². The third-order valence-electron chi connectivity index (χ3n) is 5.13. The van der Waals surface area contributed by atoms with Crippen molar-refractivity contribution in [3.63, 3.8) is 0 Å². The third kappa shape index (κ3) is 4.99. The van der Waals surface area contributed by atoms with Gasteiger partial charge in [-0.3, -0.25) is 0 Å². The molecule has 32 heavy (non-hydrogen) atoms. The lowest BCUT2D eigenvalue weighted by Crippen LogP contribution is -2.14. The number of thioether (sulfide) groups is 1. The minimum atomic E-state index is 0.685. The van der Waals surface area contributed by atoms with Crippen LogP contribution in [-0.4, -0.2) is 25.6 Å². The van der Waals surface area contributed by atoms with Crippen LogP contribution in [0.25, 0.3) is 10.1 Å². The molecule has 0 N–H and O–H groups in total. The average molecular weight is 525 g/mol. The van der Waals surface area contributed by atoms with Crippen molar-refractivity contribution in [1.29, 1.82) is 0 Å². The Balaban J connectivity index is 0.000000115. The molecule has 0 unspecified atom stereocenters. The molecule has 0 fully saturated rings. The van der Waals surface area contributed by atoms with Crippen molar-refractivity contribution < 1.29 is 14.2 Å². The van der Waals surface area contributed by atoms with E-state index in [4.69, 9.17) is 14.2 Å². The molecule has 6 rings (SSSR count). The Kier molecular flexibility index (Phi) is 7.77. The van der Waals surface area contributed by atoms with Crippen molar-refractivity contribution in [1.82, 2.24) is 0 Å². The molecule has 0 aliphatic carbocycles. The van der Waals surface area contributed by atoms with Crippen molar-refractivity contribution in [2.75, 3.05) is 25.6 Å². The Hall–Kier alpha value is -1.19. The van der Waals surface area contributed by atoms with Gasteiger partial charge in [0.25, 0.3) is 0 Å². The number of hydrogen-bond donors (Lipinski definition) is 0. The second-order valence-corrected chi connectivity index (χ2v) is 13.8. The number of rotatable bonds is 0. The first kappa shape index (κ1) is 24.0. The predicted molar refractivity (Wildman–Crippen MR) is 144 cm³/mol. The van der Waals surface area contributed by atoms with Crippen LogP contribution in [0.15, 0.2) is 16.3 Å². The molecule has 0 saturated carbocycles. The molecule has 0 spiro atoms. The Labute approximate surface area is 210 Å². The second kappa shape index (κ2) is 10.4. The summed E-state index contributed by atoms with van der Waals surface area (Å²) in [5, 5.41) is 3.62. The van der Waals surface area contributed by atoms with Crippen LogP contribution in [-0.2, 0) is 0 Å². The molecule has 2 aliphatic rings. The van der Waals surface area contributed by atoms with E-state index in [-0.39, 0.29) is 0 Å². The van der Waals surface area contributed by atoms with Gasteiger partial charge in [-0.05, 0) is 53.0 Å². The summed E-state index contributed by atoms with van der Waals surface area (Å²) in [5.74, 6) is 4.16. The van der Waals surface area contributed by atoms with Gasteiger partial charge in [0.1, 0.15) is 19.0 Å². The number of fused-ring (bicyclic) bond motifs is 3. The van der Waals surface area contributed by atoms with E-state index in [0.717, 1.165) is 29.6 Å². The van der Waals surface area contributed by atoms with Crippen molar-refractivity contribution in [2.24, 2.45) is 0 Å². The van der Waals surface area contributed by atoms with E-state index in [9.17, 15) is 0 Å². The minimum absolute atomic E-state index is 0.685. The summed E-state index contributed by atoms with van der Waals surface area (Å²) in [6.07, 6.45) is 0.